The van der Waals surface area contributed by atoms with Crippen LogP contribution >= 0.6 is 0 Å². The topological polar surface area (TPSA) is 146 Å². The Morgan fingerprint density at radius 3 is 1.12 bits per heavy atom. The highest BCUT2D eigenvalue weighted by molar-refractivity contribution is 5.92. The molecule has 0 saturated carbocycles. The molecule has 0 aromatic heterocycles. The summed E-state index contributed by atoms with van der Waals surface area (Å²) in [6.45, 7) is 17.9. The first-order valence-electron chi connectivity index (χ1n) is 19.6. The van der Waals surface area contributed by atoms with Gasteiger partial charge in [-0.2, -0.15) is 0 Å². The largest absolute Gasteiger partial charge is 0.356 e. The molecule has 5 N–H and O–H groups in total. The molecular formula is C39H75N5O5. The first kappa shape index (κ1) is 46.4. The lowest BCUT2D eigenvalue weighted by Crippen LogP contribution is -2.54. The zero-order valence-corrected chi connectivity index (χ0v) is 32.6. The lowest BCUT2D eigenvalue weighted by molar-refractivity contribution is -0.132. The molecule has 0 spiro atoms. The van der Waals surface area contributed by atoms with Crippen molar-refractivity contribution in [2.24, 2.45) is 17.8 Å². The SMILES string of the molecule is CC(C)CCCCC(=O)NCCCCC(NC(=O)CCCCC(C)C)C(=O)NC(CCCCNC(=O)CCCCC(C)C)C(=O)NC(C)C. The molecule has 0 bridgehead atoms. The highest BCUT2D eigenvalue weighted by Crippen LogP contribution is 2.11. The van der Waals surface area contributed by atoms with Gasteiger partial charge in [-0.05, 0) is 89.4 Å². The number of unbranched alkanes of at least 4 members (excludes halogenated alkanes) is 5. The average Bonchev–Trinajstić information content (AvgIpc) is 3.01. The van der Waals surface area contributed by atoms with E-state index >= 15 is 0 Å². The van der Waals surface area contributed by atoms with Crippen LogP contribution in [0.3, 0.4) is 0 Å². The van der Waals surface area contributed by atoms with Crippen LogP contribution in [0.5, 0.6) is 0 Å². The molecule has 0 saturated heterocycles. The van der Waals surface area contributed by atoms with Gasteiger partial charge in [0.2, 0.25) is 29.5 Å². The van der Waals surface area contributed by atoms with Crippen LogP contribution < -0.4 is 26.6 Å². The van der Waals surface area contributed by atoms with Crippen LogP contribution in [0.15, 0.2) is 0 Å². The average molecular weight is 694 g/mol. The molecule has 0 rings (SSSR count). The Kier molecular flexibility index (Phi) is 27.5. The van der Waals surface area contributed by atoms with Crippen LogP contribution in [-0.2, 0) is 24.0 Å². The Labute approximate surface area is 299 Å². The van der Waals surface area contributed by atoms with Crippen LogP contribution in [0.1, 0.15) is 171 Å². The fourth-order valence-electron chi connectivity index (χ4n) is 5.56. The summed E-state index contributed by atoms with van der Waals surface area (Å²) in [5, 5.41) is 14.7. The maximum Gasteiger partial charge on any atom is 0.243 e. The molecule has 0 aromatic rings. The van der Waals surface area contributed by atoms with Gasteiger partial charge in [0.1, 0.15) is 12.1 Å². The fraction of sp³-hybridized carbons (Fsp3) is 0.872. The molecule has 0 aromatic carbocycles. The van der Waals surface area contributed by atoms with E-state index in [-0.39, 0.29) is 35.6 Å². The predicted molar refractivity (Wildman–Crippen MR) is 201 cm³/mol. The Balaban J connectivity index is 5.10. The zero-order valence-electron chi connectivity index (χ0n) is 32.6. The maximum absolute atomic E-state index is 13.6. The molecular weight excluding hydrogens is 618 g/mol. The number of amides is 5. The van der Waals surface area contributed by atoms with Crippen molar-refractivity contribution in [1.29, 1.82) is 0 Å². The Bertz CT molecular complexity index is 921. The summed E-state index contributed by atoms with van der Waals surface area (Å²) in [7, 11) is 0. The van der Waals surface area contributed by atoms with Crippen LogP contribution in [0.2, 0.25) is 0 Å². The Morgan fingerprint density at radius 1 is 0.388 bits per heavy atom. The van der Waals surface area contributed by atoms with Crippen molar-refractivity contribution in [3.63, 3.8) is 0 Å². The van der Waals surface area contributed by atoms with E-state index in [1.807, 2.05) is 13.8 Å². The third kappa shape index (κ3) is 28.9. The molecule has 0 aliphatic heterocycles. The Hall–Kier alpha value is -2.65. The van der Waals surface area contributed by atoms with E-state index in [1.54, 1.807) is 0 Å². The molecule has 5 amide bonds. The summed E-state index contributed by atoms with van der Waals surface area (Å²) < 4.78 is 0. The fourth-order valence-corrected chi connectivity index (χ4v) is 5.56. The van der Waals surface area contributed by atoms with Gasteiger partial charge >= 0.3 is 0 Å². The van der Waals surface area contributed by atoms with Gasteiger partial charge in [0.05, 0.1) is 0 Å². The van der Waals surface area contributed by atoms with E-state index in [0.29, 0.717) is 88.6 Å². The van der Waals surface area contributed by atoms with Crippen molar-refractivity contribution < 1.29 is 24.0 Å². The lowest BCUT2D eigenvalue weighted by Gasteiger charge is -2.24. The van der Waals surface area contributed by atoms with Gasteiger partial charge in [-0.1, -0.05) is 80.1 Å². The molecule has 49 heavy (non-hydrogen) atoms. The monoisotopic (exact) mass is 694 g/mol. The van der Waals surface area contributed by atoms with Crippen molar-refractivity contribution >= 4 is 29.5 Å². The van der Waals surface area contributed by atoms with Crippen molar-refractivity contribution in [2.75, 3.05) is 13.1 Å². The predicted octanol–water partition coefficient (Wildman–Crippen LogP) is 6.70. The first-order chi connectivity index (χ1) is 23.2. The van der Waals surface area contributed by atoms with Gasteiger partial charge in [-0.25, -0.2) is 0 Å². The normalized spacial score (nSPS) is 12.7. The lowest BCUT2D eigenvalue weighted by atomic mass is 10.0. The molecule has 286 valence electrons. The summed E-state index contributed by atoms with van der Waals surface area (Å²) in [5.74, 6) is 1.16. The Morgan fingerprint density at radius 2 is 0.735 bits per heavy atom. The van der Waals surface area contributed by atoms with E-state index < -0.39 is 12.1 Å². The first-order valence-corrected chi connectivity index (χ1v) is 19.6. The second-order valence-electron chi connectivity index (χ2n) is 15.5. The third-order valence-electron chi connectivity index (χ3n) is 8.51. The molecule has 10 nitrogen and oxygen atoms in total. The second kappa shape index (κ2) is 29.1. The van der Waals surface area contributed by atoms with Gasteiger partial charge in [-0.15, -0.1) is 0 Å². The zero-order chi connectivity index (χ0) is 37.0. The number of hydrogen-bond donors (Lipinski definition) is 5. The van der Waals surface area contributed by atoms with E-state index in [4.69, 9.17) is 0 Å². The van der Waals surface area contributed by atoms with Crippen molar-refractivity contribution in [3.8, 4) is 0 Å². The van der Waals surface area contributed by atoms with Gasteiger partial charge in [0.15, 0.2) is 0 Å². The van der Waals surface area contributed by atoms with Crippen molar-refractivity contribution in [1.82, 2.24) is 26.6 Å². The summed E-state index contributed by atoms with van der Waals surface area (Å²) in [6.07, 6.45) is 13.8. The molecule has 10 heteroatoms. The molecule has 2 atom stereocenters. The standard InChI is InChI=1S/C39H75N5O5/c1-29(2)19-9-12-24-35(45)40-27-17-15-22-33(43-37(47)26-14-11-21-31(5)6)39(49)44-34(38(48)42-32(7)8)23-16-18-28-41-36(46)25-13-10-20-30(3)4/h29-34H,9-28H2,1-8H3,(H,40,45)(H,41,46)(H,42,48)(H,43,47)(H,44,49). The van der Waals surface area contributed by atoms with Gasteiger partial charge in [-0.3, -0.25) is 24.0 Å². The minimum absolute atomic E-state index is 0.0490. The molecule has 0 fully saturated rings. The molecule has 0 aliphatic carbocycles. The molecule has 0 heterocycles. The second-order valence-corrected chi connectivity index (χ2v) is 15.5. The molecule has 0 aliphatic rings. The number of carbonyl (C=O) groups is 5. The molecule has 0 radical (unpaired) electrons. The van der Waals surface area contributed by atoms with Crippen LogP contribution in [-0.4, -0.2) is 60.8 Å². The van der Waals surface area contributed by atoms with Crippen molar-refractivity contribution in [2.45, 2.75) is 189 Å². The quantitative estimate of drug-likeness (QED) is 0.0532. The molecule has 2 unspecified atom stereocenters. The van der Waals surface area contributed by atoms with Crippen LogP contribution in [0.4, 0.5) is 0 Å². The van der Waals surface area contributed by atoms with Gasteiger partial charge in [0, 0.05) is 38.4 Å². The van der Waals surface area contributed by atoms with Gasteiger partial charge in [0.25, 0.3) is 0 Å². The summed E-state index contributed by atoms with van der Waals surface area (Å²) in [5.41, 5.74) is 0. The van der Waals surface area contributed by atoms with E-state index in [9.17, 15) is 24.0 Å². The minimum Gasteiger partial charge on any atom is -0.356 e. The highest BCUT2D eigenvalue weighted by atomic mass is 16.2. The minimum atomic E-state index is -0.770. The maximum atomic E-state index is 13.6. The highest BCUT2D eigenvalue weighted by Gasteiger charge is 2.26. The van der Waals surface area contributed by atoms with Crippen LogP contribution in [0, 0.1) is 17.8 Å². The number of rotatable bonds is 30. The smallest absolute Gasteiger partial charge is 0.243 e. The van der Waals surface area contributed by atoms with E-state index in [2.05, 4.69) is 68.1 Å². The number of carbonyl (C=O) groups excluding carboxylic acids is 5. The number of hydrogen-bond acceptors (Lipinski definition) is 5. The van der Waals surface area contributed by atoms with Crippen LogP contribution in [0.25, 0.3) is 0 Å². The van der Waals surface area contributed by atoms with E-state index in [0.717, 1.165) is 57.8 Å². The summed E-state index contributed by atoms with van der Waals surface area (Å²) in [4.78, 5) is 63.9. The summed E-state index contributed by atoms with van der Waals surface area (Å²) in [6, 6.07) is -1.61. The van der Waals surface area contributed by atoms with Crippen molar-refractivity contribution in [3.05, 3.63) is 0 Å². The number of nitrogens with one attached hydrogen (secondary N) is 5. The van der Waals surface area contributed by atoms with E-state index in [1.165, 1.54) is 0 Å². The third-order valence-corrected chi connectivity index (χ3v) is 8.51. The van der Waals surface area contributed by atoms with Gasteiger partial charge < -0.3 is 26.6 Å². The summed E-state index contributed by atoms with van der Waals surface area (Å²) >= 11 is 0.